The summed E-state index contributed by atoms with van der Waals surface area (Å²) in [6.45, 7) is 7.80. The second-order valence-electron chi connectivity index (χ2n) is 4.40. The van der Waals surface area contributed by atoms with Crippen LogP contribution in [0.5, 0.6) is 0 Å². The third-order valence-corrected chi connectivity index (χ3v) is 2.60. The Morgan fingerprint density at radius 2 is 2.00 bits per heavy atom. The van der Waals surface area contributed by atoms with Crippen molar-refractivity contribution in [3.8, 4) is 0 Å². The van der Waals surface area contributed by atoms with Gasteiger partial charge in [0, 0.05) is 20.1 Å². The van der Waals surface area contributed by atoms with Gasteiger partial charge in [0.05, 0.1) is 6.10 Å². The number of carbonyl (C=O) groups is 1. The summed E-state index contributed by atoms with van der Waals surface area (Å²) in [5, 5.41) is 0. The Hall–Kier alpha value is -0.770. The lowest BCUT2D eigenvalue weighted by molar-refractivity contribution is 0.0816. The first-order chi connectivity index (χ1) is 7.09. The molecular formula is C11H22N2O2. The Bertz CT molecular complexity index is 201. The third kappa shape index (κ3) is 4.51. The van der Waals surface area contributed by atoms with Crippen LogP contribution in [0.4, 0.5) is 4.79 Å². The summed E-state index contributed by atoms with van der Waals surface area (Å²) in [6, 6.07) is 0. The van der Waals surface area contributed by atoms with Gasteiger partial charge in [-0.15, -0.1) is 0 Å². The lowest BCUT2D eigenvalue weighted by Crippen LogP contribution is -2.36. The molecule has 1 heterocycles. The Labute approximate surface area is 92.2 Å². The number of likely N-dealkylation sites (tertiary alicyclic amines) is 1. The minimum absolute atomic E-state index is 0.0354. The molecule has 0 atom stereocenters. The molecule has 0 spiro atoms. The summed E-state index contributed by atoms with van der Waals surface area (Å²) in [5.74, 6) is 0. The highest BCUT2D eigenvalue weighted by Crippen LogP contribution is 2.06. The quantitative estimate of drug-likeness (QED) is 0.712. The molecule has 0 radical (unpaired) electrons. The van der Waals surface area contributed by atoms with Crippen LogP contribution >= 0.6 is 0 Å². The minimum Gasteiger partial charge on any atom is -0.447 e. The molecule has 0 aromatic carbocycles. The van der Waals surface area contributed by atoms with Crippen LogP contribution < -0.4 is 0 Å². The number of carbonyl (C=O) groups excluding carboxylic acids is 1. The van der Waals surface area contributed by atoms with E-state index in [0.717, 1.165) is 13.1 Å². The van der Waals surface area contributed by atoms with Crippen LogP contribution in [0.2, 0.25) is 0 Å². The van der Waals surface area contributed by atoms with Crippen LogP contribution in [-0.4, -0.2) is 55.2 Å². The van der Waals surface area contributed by atoms with Crippen molar-refractivity contribution in [2.45, 2.75) is 32.8 Å². The molecule has 4 heteroatoms. The molecule has 0 bridgehead atoms. The molecule has 1 saturated heterocycles. The van der Waals surface area contributed by atoms with Crippen LogP contribution in [0, 0.1) is 0 Å². The summed E-state index contributed by atoms with van der Waals surface area (Å²) in [6.07, 6.45) is 2.33. The van der Waals surface area contributed by atoms with Crippen LogP contribution in [0.3, 0.4) is 0 Å². The molecular weight excluding hydrogens is 192 g/mol. The number of hydrogen-bond acceptors (Lipinski definition) is 3. The topological polar surface area (TPSA) is 32.8 Å². The Balaban J connectivity index is 2.16. The Morgan fingerprint density at radius 1 is 1.40 bits per heavy atom. The average Bonchev–Trinajstić information content (AvgIpc) is 2.65. The molecule has 1 fully saturated rings. The first-order valence-electron chi connectivity index (χ1n) is 5.73. The van der Waals surface area contributed by atoms with Gasteiger partial charge in [0.15, 0.2) is 0 Å². The molecule has 0 aliphatic carbocycles. The van der Waals surface area contributed by atoms with Gasteiger partial charge in [0.25, 0.3) is 0 Å². The maximum atomic E-state index is 11.4. The van der Waals surface area contributed by atoms with E-state index < -0.39 is 0 Å². The number of likely N-dealkylation sites (N-methyl/N-ethyl adjacent to an activating group) is 1. The van der Waals surface area contributed by atoms with Gasteiger partial charge in [0.2, 0.25) is 0 Å². The standard InChI is InChI=1S/C11H22N2O2/c1-10(2)15-11(14)12(3)8-9-13-6-4-5-7-13/h10H,4-9H2,1-3H3. The smallest absolute Gasteiger partial charge is 0.409 e. The number of hydrogen-bond donors (Lipinski definition) is 0. The van der Waals surface area contributed by atoms with E-state index in [0.29, 0.717) is 0 Å². The average molecular weight is 214 g/mol. The van der Waals surface area contributed by atoms with E-state index in [4.69, 9.17) is 4.74 Å². The predicted octanol–water partition coefficient (Wildman–Crippen LogP) is 1.56. The van der Waals surface area contributed by atoms with Crippen LogP contribution in [-0.2, 0) is 4.74 Å². The third-order valence-electron chi connectivity index (χ3n) is 2.60. The maximum Gasteiger partial charge on any atom is 0.409 e. The number of amides is 1. The summed E-state index contributed by atoms with van der Waals surface area (Å²) < 4.78 is 5.10. The summed E-state index contributed by atoms with van der Waals surface area (Å²) in [5.41, 5.74) is 0. The van der Waals surface area contributed by atoms with E-state index in [-0.39, 0.29) is 12.2 Å². The van der Waals surface area contributed by atoms with Gasteiger partial charge < -0.3 is 14.5 Å². The van der Waals surface area contributed by atoms with Crippen LogP contribution in [0.25, 0.3) is 0 Å². The van der Waals surface area contributed by atoms with Gasteiger partial charge in [-0.2, -0.15) is 0 Å². The Kier molecular flexibility index (Phi) is 4.88. The monoisotopic (exact) mass is 214 g/mol. The molecule has 88 valence electrons. The first kappa shape index (κ1) is 12.3. The fourth-order valence-corrected chi connectivity index (χ4v) is 1.68. The SMILES string of the molecule is CC(C)OC(=O)N(C)CCN1CCCC1. The predicted molar refractivity (Wildman–Crippen MR) is 59.9 cm³/mol. The minimum atomic E-state index is -0.218. The van der Waals surface area contributed by atoms with E-state index in [2.05, 4.69) is 4.90 Å². The van der Waals surface area contributed by atoms with Crippen molar-refractivity contribution in [3.63, 3.8) is 0 Å². The summed E-state index contributed by atoms with van der Waals surface area (Å²) in [4.78, 5) is 15.5. The number of nitrogens with zero attached hydrogens (tertiary/aromatic N) is 2. The van der Waals surface area contributed by atoms with E-state index >= 15 is 0 Å². The van der Waals surface area contributed by atoms with Crippen molar-refractivity contribution < 1.29 is 9.53 Å². The van der Waals surface area contributed by atoms with Gasteiger partial charge in [0.1, 0.15) is 0 Å². The molecule has 1 amide bonds. The van der Waals surface area contributed by atoms with Crippen molar-refractivity contribution in [3.05, 3.63) is 0 Å². The molecule has 1 rings (SSSR count). The van der Waals surface area contributed by atoms with E-state index in [1.165, 1.54) is 25.9 Å². The lowest BCUT2D eigenvalue weighted by atomic mass is 10.4. The van der Waals surface area contributed by atoms with E-state index in [1.807, 2.05) is 13.8 Å². The van der Waals surface area contributed by atoms with Crippen molar-refractivity contribution >= 4 is 6.09 Å². The van der Waals surface area contributed by atoms with Crippen LogP contribution in [0.1, 0.15) is 26.7 Å². The molecule has 0 aromatic rings. The zero-order valence-corrected chi connectivity index (χ0v) is 10.0. The van der Waals surface area contributed by atoms with Crippen molar-refractivity contribution in [2.24, 2.45) is 0 Å². The highest BCUT2D eigenvalue weighted by Gasteiger charge is 2.15. The first-order valence-corrected chi connectivity index (χ1v) is 5.73. The van der Waals surface area contributed by atoms with Gasteiger partial charge >= 0.3 is 6.09 Å². The van der Waals surface area contributed by atoms with E-state index in [1.54, 1.807) is 11.9 Å². The molecule has 4 nitrogen and oxygen atoms in total. The summed E-state index contributed by atoms with van der Waals surface area (Å²) >= 11 is 0. The molecule has 1 aliphatic rings. The molecule has 0 aromatic heterocycles. The van der Waals surface area contributed by atoms with Gasteiger partial charge in [-0.3, -0.25) is 0 Å². The van der Waals surface area contributed by atoms with Gasteiger partial charge in [-0.05, 0) is 39.8 Å². The lowest BCUT2D eigenvalue weighted by Gasteiger charge is -2.22. The molecule has 1 aliphatic heterocycles. The van der Waals surface area contributed by atoms with E-state index in [9.17, 15) is 4.79 Å². The van der Waals surface area contributed by atoms with Crippen molar-refractivity contribution in [1.29, 1.82) is 0 Å². The second kappa shape index (κ2) is 5.95. The molecule has 15 heavy (non-hydrogen) atoms. The van der Waals surface area contributed by atoms with Crippen LogP contribution in [0.15, 0.2) is 0 Å². The molecule has 0 unspecified atom stereocenters. The highest BCUT2D eigenvalue weighted by atomic mass is 16.6. The van der Waals surface area contributed by atoms with Crippen molar-refractivity contribution in [2.75, 3.05) is 33.2 Å². The highest BCUT2D eigenvalue weighted by molar-refractivity contribution is 5.67. The fraction of sp³-hybridized carbons (Fsp3) is 0.909. The van der Waals surface area contributed by atoms with Crippen molar-refractivity contribution in [1.82, 2.24) is 9.80 Å². The Morgan fingerprint density at radius 3 is 2.53 bits per heavy atom. The normalized spacial score (nSPS) is 17.1. The maximum absolute atomic E-state index is 11.4. The van der Waals surface area contributed by atoms with Gasteiger partial charge in [-0.25, -0.2) is 4.79 Å². The number of rotatable bonds is 4. The molecule has 0 N–H and O–H groups in total. The molecule has 0 saturated carbocycles. The van der Waals surface area contributed by atoms with Gasteiger partial charge in [-0.1, -0.05) is 0 Å². The second-order valence-corrected chi connectivity index (χ2v) is 4.40. The number of ether oxygens (including phenoxy) is 1. The zero-order chi connectivity index (χ0) is 11.3. The largest absolute Gasteiger partial charge is 0.447 e. The summed E-state index contributed by atoms with van der Waals surface area (Å²) in [7, 11) is 1.79. The zero-order valence-electron chi connectivity index (χ0n) is 10.0. The fourth-order valence-electron chi connectivity index (χ4n) is 1.68.